The molecule has 0 aliphatic heterocycles. The highest BCUT2D eigenvalue weighted by Gasteiger charge is 2.29. The van der Waals surface area contributed by atoms with Crippen LogP contribution >= 0.6 is 11.6 Å². The third-order valence-electron chi connectivity index (χ3n) is 5.64. The van der Waals surface area contributed by atoms with Crippen LogP contribution in [0, 0.1) is 11.7 Å². The van der Waals surface area contributed by atoms with Gasteiger partial charge in [-0.25, -0.2) is 12.8 Å². The number of amides is 2. The summed E-state index contributed by atoms with van der Waals surface area (Å²) >= 11 is 6.34. The van der Waals surface area contributed by atoms with Gasteiger partial charge in [-0.15, -0.1) is 0 Å². The smallest absolute Gasteiger partial charge is 0.242 e. The summed E-state index contributed by atoms with van der Waals surface area (Å²) in [5.41, 5.74) is 1.03. The predicted octanol–water partition coefficient (Wildman–Crippen LogP) is 4.60. The van der Waals surface area contributed by atoms with Crippen LogP contribution in [0.25, 0.3) is 0 Å². The van der Waals surface area contributed by atoms with Gasteiger partial charge >= 0.3 is 0 Å². The number of nitrogens with one attached hydrogen (secondary N) is 1. The van der Waals surface area contributed by atoms with Gasteiger partial charge in [0.1, 0.15) is 11.9 Å². The van der Waals surface area contributed by atoms with Gasteiger partial charge in [-0.3, -0.25) is 13.9 Å². The van der Waals surface area contributed by atoms with Crippen LogP contribution in [-0.4, -0.2) is 50.5 Å². The van der Waals surface area contributed by atoms with Crippen molar-refractivity contribution < 1.29 is 22.4 Å². The summed E-state index contributed by atoms with van der Waals surface area (Å²) in [5.74, 6) is -0.740. The summed E-state index contributed by atoms with van der Waals surface area (Å²) in [4.78, 5) is 27.9. The number of anilines is 1. The van der Waals surface area contributed by atoms with Gasteiger partial charge in [0.2, 0.25) is 21.8 Å². The maximum Gasteiger partial charge on any atom is 0.242 e. The standard InChI is InChI=1S/C26H35ClFN3O4S/c1-5-24(26(33)29-17-19(2)3)30(18-20-9-6-7-10-23(20)27)25(32)11-8-16-31(36(4,34)35)22-14-12-21(28)13-15-22/h6-7,9-10,12-15,19,24H,5,8,11,16-18H2,1-4H3,(H,29,33). The lowest BCUT2D eigenvalue weighted by atomic mass is 10.1. The lowest BCUT2D eigenvalue weighted by Crippen LogP contribution is -2.49. The average Bonchev–Trinajstić information content (AvgIpc) is 2.81. The van der Waals surface area contributed by atoms with Gasteiger partial charge in [0.05, 0.1) is 11.9 Å². The minimum atomic E-state index is -3.65. The summed E-state index contributed by atoms with van der Waals surface area (Å²) in [6, 6.07) is 11.6. The summed E-state index contributed by atoms with van der Waals surface area (Å²) in [6.07, 6.45) is 1.71. The molecule has 2 aromatic rings. The number of sulfonamides is 1. The molecule has 2 amide bonds. The van der Waals surface area contributed by atoms with E-state index in [0.29, 0.717) is 29.2 Å². The fraction of sp³-hybridized carbons (Fsp3) is 0.462. The highest BCUT2D eigenvalue weighted by Crippen LogP contribution is 2.22. The lowest BCUT2D eigenvalue weighted by molar-refractivity contribution is -0.141. The Morgan fingerprint density at radius 3 is 2.28 bits per heavy atom. The fourth-order valence-electron chi connectivity index (χ4n) is 3.76. The van der Waals surface area contributed by atoms with Crippen LogP contribution in [0.15, 0.2) is 48.5 Å². The molecule has 10 heteroatoms. The summed E-state index contributed by atoms with van der Waals surface area (Å²) in [7, 11) is -3.65. The van der Waals surface area contributed by atoms with Gasteiger partial charge in [0.25, 0.3) is 0 Å². The Labute approximate surface area is 218 Å². The molecule has 36 heavy (non-hydrogen) atoms. The second kappa shape index (κ2) is 13.6. The molecule has 0 spiro atoms. The number of carbonyl (C=O) groups is 2. The summed E-state index contributed by atoms with van der Waals surface area (Å²) in [6.45, 7) is 6.49. The van der Waals surface area contributed by atoms with Crippen LogP contribution in [0.4, 0.5) is 10.1 Å². The Balaban J connectivity index is 2.21. The first-order valence-electron chi connectivity index (χ1n) is 12.0. The third kappa shape index (κ3) is 8.78. The fourth-order valence-corrected chi connectivity index (χ4v) is 4.92. The molecule has 0 fully saturated rings. The van der Waals surface area contributed by atoms with E-state index in [1.165, 1.54) is 29.2 Å². The molecule has 198 valence electrons. The summed E-state index contributed by atoms with van der Waals surface area (Å²) < 4.78 is 39.1. The minimum absolute atomic E-state index is 0.0195. The van der Waals surface area contributed by atoms with Crippen molar-refractivity contribution in [3.63, 3.8) is 0 Å². The van der Waals surface area contributed by atoms with E-state index < -0.39 is 21.9 Å². The van der Waals surface area contributed by atoms with Crippen molar-refractivity contribution in [2.45, 2.75) is 52.6 Å². The van der Waals surface area contributed by atoms with Crippen LogP contribution < -0.4 is 9.62 Å². The number of hydrogen-bond donors (Lipinski definition) is 1. The molecule has 0 saturated heterocycles. The molecule has 0 radical (unpaired) electrons. The molecule has 0 aliphatic rings. The van der Waals surface area contributed by atoms with Crippen molar-refractivity contribution in [3.8, 4) is 0 Å². The van der Waals surface area contributed by atoms with E-state index in [2.05, 4.69) is 5.32 Å². The molecule has 7 nitrogen and oxygen atoms in total. The Morgan fingerprint density at radius 1 is 1.08 bits per heavy atom. The minimum Gasteiger partial charge on any atom is -0.354 e. The average molecular weight is 540 g/mol. The van der Waals surface area contributed by atoms with Crippen LogP contribution in [0.5, 0.6) is 0 Å². The molecule has 1 atom stereocenters. The van der Waals surface area contributed by atoms with E-state index in [1.807, 2.05) is 26.8 Å². The van der Waals surface area contributed by atoms with Gasteiger partial charge in [-0.05, 0) is 54.7 Å². The Kier molecular flexibility index (Phi) is 11.2. The third-order valence-corrected chi connectivity index (χ3v) is 7.20. The Morgan fingerprint density at radius 2 is 1.72 bits per heavy atom. The monoisotopic (exact) mass is 539 g/mol. The number of hydrogen-bond acceptors (Lipinski definition) is 4. The van der Waals surface area contributed by atoms with E-state index in [4.69, 9.17) is 11.6 Å². The molecule has 2 aromatic carbocycles. The van der Waals surface area contributed by atoms with Crippen molar-refractivity contribution in [1.29, 1.82) is 0 Å². The molecule has 1 unspecified atom stereocenters. The highest BCUT2D eigenvalue weighted by atomic mass is 35.5. The molecular formula is C26H35ClFN3O4S. The van der Waals surface area contributed by atoms with E-state index in [-0.39, 0.29) is 43.7 Å². The van der Waals surface area contributed by atoms with Gasteiger partial charge in [0, 0.05) is 31.1 Å². The van der Waals surface area contributed by atoms with Crippen molar-refractivity contribution in [3.05, 3.63) is 64.9 Å². The zero-order valence-electron chi connectivity index (χ0n) is 21.2. The molecule has 0 aromatic heterocycles. The van der Waals surface area contributed by atoms with E-state index >= 15 is 0 Å². The first-order chi connectivity index (χ1) is 16.9. The topological polar surface area (TPSA) is 86.8 Å². The van der Waals surface area contributed by atoms with Crippen LogP contribution in [0.3, 0.4) is 0 Å². The van der Waals surface area contributed by atoms with Crippen molar-refractivity contribution in [2.75, 3.05) is 23.7 Å². The maximum atomic E-state index is 13.4. The number of carbonyl (C=O) groups excluding carboxylic acids is 2. The van der Waals surface area contributed by atoms with E-state index in [1.54, 1.807) is 18.2 Å². The molecule has 0 heterocycles. The SMILES string of the molecule is CCC(C(=O)NCC(C)C)N(Cc1ccccc1Cl)C(=O)CCCN(c1ccc(F)cc1)S(C)(=O)=O. The molecule has 0 bridgehead atoms. The quantitative estimate of drug-likeness (QED) is 0.403. The Hall–Kier alpha value is -2.65. The van der Waals surface area contributed by atoms with Crippen LogP contribution in [-0.2, 0) is 26.2 Å². The number of halogens is 2. The van der Waals surface area contributed by atoms with E-state index in [9.17, 15) is 22.4 Å². The van der Waals surface area contributed by atoms with Gasteiger partial charge in [0.15, 0.2) is 0 Å². The summed E-state index contributed by atoms with van der Waals surface area (Å²) in [5, 5.41) is 3.40. The van der Waals surface area contributed by atoms with Gasteiger partial charge in [-0.2, -0.15) is 0 Å². The maximum absolute atomic E-state index is 13.4. The zero-order valence-corrected chi connectivity index (χ0v) is 22.8. The molecule has 1 N–H and O–H groups in total. The first-order valence-corrected chi connectivity index (χ1v) is 14.2. The molecule has 2 rings (SSSR count). The number of nitrogens with zero attached hydrogens (tertiary/aromatic N) is 2. The van der Waals surface area contributed by atoms with Crippen molar-refractivity contribution >= 4 is 39.1 Å². The van der Waals surface area contributed by atoms with Gasteiger partial charge < -0.3 is 10.2 Å². The molecule has 0 saturated carbocycles. The zero-order chi connectivity index (χ0) is 26.9. The van der Waals surface area contributed by atoms with Crippen LogP contribution in [0.1, 0.15) is 45.6 Å². The van der Waals surface area contributed by atoms with Gasteiger partial charge in [-0.1, -0.05) is 50.6 Å². The number of rotatable bonds is 13. The van der Waals surface area contributed by atoms with Crippen molar-refractivity contribution in [1.82, 2.24) is 10.2 Å². The normalized spacial score (nSPS) is 12.3. The van der Waals surface area contributed by atoms with Crippen molar-refractivity contribution in [2.24, 2.45) is 5.92 Å². The highest BCUT2D eigenvalue weighted by molar-refractivity contribution is 7.92. The van der Waals surface area contributed by atoms with Crippen LogP contribution in [0.2, 0.25) is 5.02 Å². The first kappa shape index (κ1) is 29.6. The second-order valence-corrected chi connectivity index (χ2v) is 11.4. The number of benzene rings is 2. The lowest BCUT2D eigenvalue weighted by Gasteiger charge is -2.31. The molecule has 0 aliphatic carbocycles. The largest absolute Gasteiger partial charge is 0.354 e. The Bertz CT molecular complexity index is 1130. The molecular weight excluding hydrogens is 505 g/mol. The second-order valence-electron chi connectivity index (χ2n) is 9.09. The van der Waals surface area contributed by atoms with E-state index in [0.717, 1.165) is 10.6 Å². The predicted molar refractivity (Wildman–Crippen MR) is 142 cm³/mol.